The van der Waals surface area contributed by atoms with Gasteiger partial charge in [-0.2, -0.15) is 0 Å². The fraction of sp³-hybridized carbons (Fsp3) is 0.625. The van der Waals surface area contributed by atoms with E-state index in [4.69, 9.17) is 19.2 Å². The Morgan fingerprint density at radius 3 is 2.55 bits per heavy atom. The number of nitrogens with one attached hydrogen (secondary N) is 1. The zero-order valence-electron chi connectivity index (χ0n) is 25.6. The highest BCUT2D eigenvalue weighted by molar-refractivity contribution is 7.14. The van der Waals surface area contributed by atoms with Gasteiger partial charge in [-0.1, -0.05) is 31.4 Å². The maximum Gasteiger partial charge on any atom is 0.251 e. The van der Waals surface area contributed by atoms with Gasteiger partial charge < -0.3 is 29.3 Å². The lowest BCUT2D eigenvalue weighted by Gasteiger charge is -2.34. The first-order valence-corrected chi connectivity index (χ1v) is 16.7. The molecule has 0 bridgehead atoms. The average Bonchev–Trinajstić information content (AvgIpc) is 3.80. The van der Waals surface area contributed by atoms with Crippen LogP contribution in [-0.2, 0) is 23.8 Å². The number of carbonyl (C=O) groups excluding carboxylic acids is 3. The number of ketones is 1. The molecule has 3 aliphatic heterocycles. The average molecular weight is 626 g/mol. The Morgan fingerprint density at radius 1 is 1.09 bits per heavy atom. The molecule has 4 heterocycles. The number of Topliss-reactive ketones (excluding diaryl/α,β-unsaturated/α-hetero) is 1. The number of benzene rings is 1. The van der Waals surface area contributed by atoms with E-state index < -0.39 is 18.2 Å². The molecule has 238 valence electrons. The Kier molecular flexibility index (Phi) is 9.92. The van der Waals surface area contributed by atoms with Gasteiger partial charge in [0.25, 0.3) is 5.91 Å². The zero-order valence-corrected chi connectivity index (χ0v) is 26.4. The van der Waals surface area contributed by atoms with Crippen LogP contribution in [0.25, 0.3) is 11.3 Å². The Labute approximate surface area is 262 Å². The molecular formula is C32H43N5O6S. The number of fused-ring (bicyclic) bond motifs is 1. The maximum atomic E-state index is 14.0. The summed E-state index contributed by atoms with van der Waals surface area (Å²) >= 11 is 1.64. The third-order valence-corrected chi connectivity index (χ3v) is 10.5. The minimum Gasteiger partial charge on any atom is -0.383 e. The van der Waals surface area contributed by atoms with E-state index in [1.807, 2.05) is 12.1 Å². The summed E-state index contributed by atoms with van der Waals surface area (Å²) in [6.07, 6.45) is 4.09. The lowest BCUT2D eigenvalue weighted by molar-refractivity contribution is -0.139. The van der Waals surface area contributed by atoms with Gasteiger partial charge in [-0.3, -0.25) is 19.3 Å². The molecule has 1 aromatic heterocycles. The Morgan fingerprint density at radius 2 is 1.84 bits per heavy atom. The first kappa shape index (κ1) is 31.1. The van der Waals surface area contributed by atoms with Crippen molar-refractivity contribution in [3.63, 3.8) is 0 Å². The van der Waals surface area contributed by atoms with Crippen molar-refractivity contribution in [2.75, 3.05) is 71.6 Å². The summed E-state index contributed by atoms with van der Waals surface area (Å²) in [6.45, 7) is 5.81. The van der Waals surface area contributed by atoms with E-state index in [9.17, 15) is 14.4 Å². The standard InChI is InChI=1S/C32H43N5O6S/c1-41-17-16-35-12-14-36(15-13-35)32-33-24(20-44-32)21-8-10-23(11-9-21)30(39)34-27(22-6-4-3-5-7-22)31(40)37-18-26(42-2)29-28(37)25(38)19-43-29/h8-11,20,22,26-29H,3-7,12-19H2,1-2H3,(H,34,39)/t26-,27+,28-,29-/m1/s1. The third kappa shape index (κ3) is 6.55. The number of anilines is 1. The van der Waals surface area contributed by atoms with Crippen LogP contribution in [0.2, 0.25) is 0 Å². The number of likely N-dealkylation sites (tertiary alicyclic amines) is 1. The van der Waals surface area contributed by atoms with Crippen molar-refractivity contribution in [2.45, 2.75) is 56.4 Å². The van der Waals surface area contributed by atoms with Crippen LogP contribution in [0.15, 0.2) is 29.6 Å². The largest absolute Gasteiger partial charge is 0.383 e. The van der Waals surface area contributed by atoms with Crippen LogP contribution >= 0.6 is 11.3 Å². The summed E-state index contributed by atoms with van der Waals surface area (Å²) in [5.41, 5.74) is 2.31. The number of aromatic nitrogens is 1. The SMILES string of the molecule is COCCN1CCN(c2nc(-c3ccc(C(=O)N[C@H](C(=O)N4C[C@@H](OC)[C@H]5OCC(=O)[C@H]54)C4CCCCC4)cc3)cs2)CC1. The van der Waals surface area contributed by atoms with Crippen LogP contribution in [0.3, 0.4) is 0 Å². The summed E-state index contributed by atoms with van der Waals surface area (Å²) in [6, 6.07) is 6.05. The van der Waals surface area contributed by atoms with Gasteiger partial charge >= 0.3 is 0 Å². The fourth-order valence-corrected chi connectivity index (χ4v) is 7.91. The van der Waals surface area contributed by atoms with Crippen LogP contribution in [0.5, 0.6) is 0 Å². The van der Waals surface area contributed by atoms with Gasteiger partial charge in [0.1, 0.15) is 30.9 Å². The molecule has 11 nitrogen and oxygen atoms in total. The predicted molar refractivity (Wildman–Crippen MR) is 167 cm³/mol. The van der Waals surface area contributed by atoms with E-state index in [0.29, 0.717) is 5.56 Å². The molecule has 3 saturated heterocycles. The molecular weight excluding hydrogens is 582 g/mol. The van der Waals surface area contributed by atoms with Gasteiger partial charge in [-0.25, -0.2) is 4.98 Å². The molecule has 1 aromatic carbocycles. The molecule has 4 aliphatic rings. The minimum atomic E-state index is -0.705. The van der Waals surface area contributed by atoms with Crippen LogP contribution in [0, 0.1) is 5.92 Å². The van der Waals surface area contributed by atoms with Crippen molar-refractivity contribution < 1.29 is 28.6 Å². The van der Waals surface area contributed by atoms with E-state index in [1.165, 1.54) is 0 Å². The molecule has 0 spiro atoms. The highest BCUT2D eigenvalue weighted by atomic mass is 32.1. The van der Waals surface area contributed by atoms with Crippen LogP contribution in [0.4, 0.5) is 5.13 Å². The Hall–Kier alpha value is -2.90. The normalized spacial score (nSPS) is 25.3. The van der Waals surface area contributed by atoms with Gasteiger partial charge in [0, 0.05) is 63.5 Å². The maximum absolute atomic E-state index is 14.0. The van der Waals surface area contributed by atoms with Crippen molar-refractivity contribution in [3.8, 4) is 11.3 Å². The first-order chi connectivity index (χ1) is 21.5. The van der Waals surface area contributed by atoms with E-state index in [1.54, 1.807) is 42.6 Å². The number of thiazole rings is 1. The van der Waals surface area contributed by atoms with Crippen molar-refractivity contribution in [3.05, 3.63) is 35.2 Å². The third-order valence-electron chi connectivity index (χ3n) is 9.59. The molecule has 0 radical (unpaired) electrons. The number of piperazine rings is 1. The number of rotatable bonds is 10. The van der Waals surface area contributed by atoms with Gasteiger partial charge in [0.05, 0.1) is 18.8 Å². The molecule has 1 N–H and O–H groups in total. The van der Waals surface area contributed by atoms with E-state index in [2.05, 4.69) is 20.5 Å². The topological polar surface area (TPSA) is 114 Å². The first-order valence-electron chi connectivity index (χ1n) is 15.8. The van der Waals surface area contributed by atoms with Crippen LogP contribution in [0.1, 0.15) is 42.5 Å². The summed E-state index contributed by atoms with van der Waals surface area (Å²) < 4.78 is 16.4. The molecule has 2 aromatic rings. The molecule has 1 aliphatic carbocycles. The van der Waals surface area contributed by atoms with Gasteiger partial charge in [-0.05, 0) is 30.9 Å². The molecule has 12 heteroatoms. The number of carbonyl (C=O) groups is 3. The second-order valence-electron chi connectivity index (χ2n) is 12.2. The summed E-state index contributed by atoms with van der Waals surface area (Å²) in [5.74, 6) is -0.599. The number of hydrogen-bond acceptors (Lipinski definition) is 10. The number of nitrogens with zero attached hydrogens (tertiary/aromatic N) is 4. The number of hydrogen-bond donors (Lipinski definition) is 1. The Bertz CT molecular complexity index is 1310. The predicted octanol–water partition coefficient (Wildman–Crippen LogP) is 2.45. The zero-order chi connectivity index (χ0) is 30.6. The lowest BCUT2D eigenvalue weighted by Crippen LogP contribution is -2.55. The Balaban J connectivity index is 1.12. The molecule has 2 amide bonds. The van der Waals surface area contributed by atoms with Gasteiger partial charge in [-0.15, -0.1) is 11.3 Å². The second kappa shape index (κ2) is 14.0. The van der Waals surface area contributed by atoms with Gasteiger partial charge in [0.15, 0.2) is 10.9 Å². The lowest BCUT2D eigenvalue weighted by atomic mass is 9.83. The van der Waals surface area contributed by atoms with E-state index in [0.717, 1.165) is 87.8 Å². The second-order valence-corrected chi connectivity index (χ2v) is 13.1. The number of methoxy groups -OCH3 is 2. The van der Waals surface area contributed by atoms with Crippen molar-refractivity contribution in [2.24, 2.45) is 5.92 Å². The summed E-state index contributed by atoms with van der Waals surface area (Å²) in [4.78, 5) is 51.5. The van der Waals surface area contributed by atoms with Crippen LogP contribution < -0.4 is 10.2 Å². The van der Waals surface area contributed by atoms with Crippen molar-refractivity contribution >= 4 is 34.1 Å². The highest BCUT2D eigenvalue weighted by Gasteiger charge is 2.54. The monoisotopic (exact) mass is 625 g/mol. The summed E-state index contributed by atoms with van der Waals surface area (Å²) in [7, 11) is 3.31. The quantitative estimate of drug-likeness (QED) is 0.426. The number of amides is 2. The van der Waals surface area contributed by atoms with Crippen molar-refractivity contribution in [1.82, 2.24) is 20.1 Å². The molecule has 44 heavy (non-hydrogen) atoms. The minimum absolute atomic E-state index is 0.0161. The van der Waals surface area contributed by atoms with Crippen LogP contribution in [-0.4, -0.2) is 123 Å². The van der Waals surface area contributed by atoms with Gasteiger partial charge in [0.2, 0.25) is 5.91 Å². The van der Waals surface area contributed by atoms with E-state index >= 15 is 0 Å². The molecule has 4 fully saturated rings. The molecule has 4 atom stereocenters. The molecule has 6 rings (SSSR count). The molecule has 0 unspecified atom stereocenters. The summed E-state index contributed by atoms with van der Waals surface area (Å²) in [5, 5.41) is 6.14. The molecule has 1 saturated carbocycles. The van der Waals surface area contributed by atoms with E-state index in [-0.39, 0.29) is 42.8 Å². The van der Waals surface area contributed by atoms with Crippen molar-refractivity contribution in [1.29, 1.82) is 0 Å². The number of ether oxygens (including phenoxy) is 3. The highest BCUT2D eigenvalue weighted by Crippen LogP contribution is 2.33. The fourth-order valence-electron chi connectivity index (χ4n) is 7.02. The smallest absolute Gasteiger partial charge is 0.251 e.